The summed E-state index contributed by atoms with van der Waals surface area (Å²) in [5.74, 6) is 0.925. The molecule has 2 aromatic carbocycles. The zero-order valence-electron chi connectivity index (χ0n) is 19.8. The van der Waals surface area contributed by atoms with Gasteiger partial charge in [0.25, 0.3) is 0 Å². The quantitative estimate of drug-likeness (QED) is 0.524. The van der Waals surface area contributed by atoms with Crippen LogP contribution in [0.5, 0.6) is 5.75 Å². The number of fused-ring (bicyclic) bond motifs is 1. The third-order valence-electron chi connectivity index (χ3n) is 7.07. The normalized spacial score (nSPS) is 16.1. The summed E-state index contributed by atoms with van der Waals surface area (Å²) >= 11 is 0. The Balaban J connectivity index is 1.46. The van der Waals surface area contributed by atoms with Crippen LogP contribution in [-0.4, -0.2) is 46.2 Å². The van der Waals surface area contributed by atoms with Gasteiger partial charge >= 0.3 is 0 Å². The van der Waals surface area contributed by atoms with Crippen LogP contribution in [-0.2, 0) is 30.8 Å². The van der Waals surface area contributed by atoms with Crippen molar-refractivity contribution in [2.75, 3.05) is 20.7 Å². The van der Waals surface area contributed by atoms with Crippen LogP contribution in [0.3, 0.4) is 0 Å². The molecule has 0 bridgehead atoms. The molecule has 1 aliphatic carbocycles. The van der Waals surface area contributed by atoms with E-state index in [2.05, 4.69) is 4.90 Å². The van der Waals surface area contributed by atoms with Crippen LogP contribution in [0.25, 0.3) is 5.69 Å². The Labute approximate surface area is 199 Å². The van der Waals surface area contributed by atoms with Gasteiger partial charge in [0.05, 0.1) is 25.0 Å². The van der Waals surface area contributed by atoms with Gasteiger partial charge in [-0.3, -0.25) is 9.69 Å². The molecule has 1 aromatic heterocycles. The first-order chi connectivity index (χ1) is 16.5. The maximum absolute atomic E-state index is 13.3. The fraction of sp³-hybridized carbons (Fsp3) is 0.407. The summed E-state index contributed by atoms with van der Waals surface area (Å²) in [6.45, 7) is 2.85. The lowest BCUT2D eigenvalue weighted by Crippen LogP contribution is -2.36. The average molecular weight is 463 g/mol. The smallest absolute Gasteiger partial charge is 0.225 e. The van der Waals surface area contributed by atoms with Gasteiger partial charge in [-0.2, -0.15) is 5.10 Å². The van der Waals surface area contributed by atoms with Crippen LogP contribution in [0.1, 0.15) is 41.8 Å². The number of nitrogens with zero attached hydrogens (tertiary/aromatic N) is 4. The average Bonchev–Trinajstić information content (AvgIpc) is 3.16. The van der Waals surface area contributed by atoms with Crippen molar-refractivity contribution in [1.82, 2.24) is 19.6 Å². The van der Waals surface area contributed by atoms with Crippen molar-refractivity contribution in [2.45, 2.75) is 45.3 Å². The molecule has 3 aromatic rings. The highest BCUT2D eigenvalue weighted by atomic mass is 19.1. The third kappa shape index (κ3) is 4.44. The molecule has 0 saturated heterocycles. The molecule has 2 heterocycles. The minimum Gasteiger partial charge on any atom is -0.494 e. The lowest BCUT2D eigenvalue weighted by atomic mass is 9.84. The summed E-state index contributed by atoms with van der Waals surface area (Å²) in [6.07, 6.45) is 3.95. The Bertz CT molecular complexity index is 1170. The van der Waals surface area contributed by atoms with E-state index in [-0.39, 0.29) is 17.6 Å². The van der Waals surface area contributed by atoms with Gasteiger partial charge in [0.15, 0.2) is 0 Å². The Hall–Kier alpha value is -3.19. The van der Waals surface area contributed by atoms with E-state index in [9.17, 15) is 9.18 Å². The Morgan fingerprint density at radius 1 is 1.18 bits per heavy atom. The van der Waals surface area contributed by atoms with Crippen molar-refractivity contribution in [3.63, 3.8) is 0 Å². The van der Waals surface area contributed by atoms with E-state index in [1.807, 2.05) is 53.0 Å². The van der Waals surface area contributed by atoms with Gasteiger partial charge in [-0.25, -0.2) is 9.07 Å². The molecule has 1 amide bonds. The van der Waals surface area contributed by atoms with Gasteiger partial charge in [-0.1, -0.05) is 30.7 Å². The number of carbonyl (C=O) groups is 1. The molecule has 178 valence electrons. The van der Waals surface area contributed by atoms with Crippen molar-refractivity contribution in [3.8, 4) is 11.4 Å². The maximum atomic E-state index is 13.3. The first-order valence-corrected chi connectivity index (χ1v) is 12.0. The van der Waals surface area contributed by atoms with E-state index in [4.69, 9.17) is 9.84 Å². The van der Waals surface area contributed by atoms with Crippen LogP contribution >= 0.6 is 0 Å². The zero-order chi connectivity index (χ0) is 23.7. The number of hydrogen-bond acceptors (Lipinski definition) is 4. The molecule has 5 rings (SSSR count). The standard InChI is InChI=1S/C27H31FN4O2/c1-30(27(33)20-6-5-7-20)18-23-22-17-31(16-19-10-12-21(28)13-11-19)15-14-24(22)32(29-23)25-8-3-4-9-26(25)34-2/h3-4,8-13,20H,5-7,14-18H2,1-2H3. The van der Waals surface area contributed by atoms with E-state index < -0.39 is 0 Å². The number of benzene rings is 2. The predicted octanol–water partition coefficient (Wildman–Crippen LogP) is 4.34. The SMILES string of the molecule is COc1ccccc1-n1nc(CN(C)C(=O)C2CCC2)c2c1CCN(Cc1ccc(F)cc1)C2. The van der Waals surface area contributed by atoms with E-state index in [1.165, 1.54) is 23.4 Å². The Morgan fingerprint density at radius 2 is 1.94 bits per heavy atom. The molecule has 0 N–H and O–H groups in total. The summed E-state index contributed by atoms with van der Waals surface area (Å²) < 4.78 is 21.0. The summed E-state index contributed by atoms with van der Waals surface area (Å²) in [5, 5.41) is 5.02. The van der Waals surface area contributed by atoms with Gasteiger partial charge in [0.1, 0.15) is 17.3 Å². The predicted molar refractivity (Wildman–Crippen MR) is 128 cm³/mol. The fourth-order valence-electron chi connectivity index (χ4n) is 4.93. The van der Waals surface area contributed by atoms with Gasteiger partial charge in [0, 0.05) is 44.6 Å². The largest absolute Gasteiger partial charge is 0.494 e. The number of aromatic nitrogens is 2. The number of halogens is 1. The van der Waals surface area contributed by atoms with Crippen LogP contribution < -0.4 is 4.74 Å². The third-order valence-corrected chi connectivity index (χ3v) is 7.07. The van der Waals surface area contributed by atoms with Crippen molar-refractivity contribution in [1.29, 1.82) is 0 Å². The van der Waals surface area contributed by atoms with Gasteiger partial charge < -0.3 is 9.64 Å². The van der Waals surface area contributed by atoms with Crippen molar-refractivity contribution in [2.24, 2.45) is 5.92 Å². The number of carbonyl (C=O) groups excluding carboxylic acids is 1. The molecule has 6 nitrogen and oxygen atoms in total. The molecule has 2 aliphatic rings. The number of para-hydroxylation sites is 2. The molecule has 0 spiro atoms. The van der Waals surface area contributed by atoms with Gasteiger partial charge in [-0.05, 0) is 42.7 Å². The summed E-state index contributed by atoms with van der Waals surface area (Å²) in [7, 11) is 3.56. The molecule has 0 unspecified atom stereocenters. The van der Waals surface area contributed by atoms with E-state index in [0.717, 1.165) is 68.0 Å². The van der Waals surface area contributed by atoms with Gasteiger partial charge in [0.2, 0.25) is 5.91 Å². The van der Waals surface area contributed by atoms with E-state index in [1.54, 1.807) is 7.11 Å². The zero-order valence-corrected chi connectivity index (χ0v) is 19.8. The highest BCUT2D eigenvalue weighted by Crippen LogP contribution is 2.32. The molecular formula is C27H31FN4O2. The Morgan fingerprint density at radius 3 is 2.65 bits per heavy atom. The van der Waals surface area contributed by atoms with Crippen molar-refractivity contribution >= 4 is 5.91 Å². The topological polar surface area (TPSA) is 50.6 Å². The monoisotopic (exact) mass is 462 g/mol. The molecule has 1 saturated carbocycles. The number of amides is 1. The number of hydrogen-bond donors (Lipinski definition) is 0. The van der Waals surface area contributed by atoms with Gasteiger partial charge in [-0.15, -0.1) is 0 Å². The summed E-state index contributed by atoms with van der Waals surface area (Å²) in [5.41, 5.74) is 5.26. The second-order valence-corrected chi connectivity index (χ2v) is 9.36. The Kier molecular flexibility index (Phi) is 6.37. The molecule has 0 radical (unpaired) electrons. The first kappa shape index (κ1) is 22.6. The number of methoxy groups -OCH3 is 1. The minimum atomic E-state index is -0.218. The highest BCUT2D eigenvalue weighted by molar-refractivity contribution is 5.79. The van der Waals surface area contributed by atoms with Crippen molar-refractivity contribution in [3.05, 3.63) is 76.9 Å². The molecule has 1 fully saturated rings. The van der Waals surface area contributed by atoms with Crippen LogP contribution in [0.2, 0.25) is 0 Å². The lowest BCUT2D eigenvalue weighted by molar-refractivity contribution is -0.137. The summed E-state index contributed by atoms with van der Waals surface area (Å²) in [4.78, 5) is 17.0. The number of ether oxygens (including phenoxy) is 1. The molecule has 1 aliphatic heterocycles. The highest BCUT2D eigenvalue weighted by Gasteiger charge is 2.31. The van der Waals surface area contributed by atoms with Crippen LogP contribution in [0, 0.1) is 11.7 Å². The van der Waals surface area contributed by atoms with E-state index in [0.29, 0.717) is 6.54 Å². The molecular weight excluding hydrogens is 431 g/mol. The van der Waals surface area contributed by atoms with E-state index >= 15 is 0 Å². The lowest BCUT2D eigenvalue weighted by Gasteiger charge is -2.30. The molecule has 0 atom stereocenters. The molecule has 7 heteroatoms. The maximum Gasteiger partial charge on any atom is 0.225 e. The molecule has 34 heavy (non-hydrogen) atoms. The van der Waals surface area contributed by atoms with Crippen molar-refractivity contribution < 1.29 is 13.9 Å². The van der Waals surface area contributed by atoms with Crippen LogP contribution in [0.15, 0.2) is 48.5 Å². The second-order valence-electron chi connectivity index (χ2n) is 9.36. The minimum absolute atomic E-state index is 0.159. The summed E-state index contributed by atoms with van der Waals surface area (Å²) in [6, 6.07) is 14.6. The first-order valence-electron chi connectivity index (χ1n) is 12.0. The number of rotatable bonds is 7. The second kappa shape index (κ2) is 9.58. The fourth-order valence-corrected chi connectivity index (χ4v) is 4.93. The van der Waals surface area contributed by atoms with Crippen LogP contribution in [0.4, 0.5) is 4.39 Å².